The highest BCUT2D eigenvalue weighted by atomic mass is 35.5. The largest absolute Gasteiger partial charge is 0.269 e. The highest BCUT2D eigenvalue weighted by Crippen LogP contribution is 2.26. The number of aromatic nitrogens is 4. The first kappa shape index (κ1) is 20.0. The van der Waals surface area contributed by atoms with Crippen LogP contribution in [0.1, 0.15) is 11.3 Å². The number of thiazole rings is 1. The second-order valence-electron chi connectivity index (χ2n) is 6.91. The van der Waals surface area contributed by atoms with E-state index in [1.807, 2.05) is 36.6 Å². The molecule has 154 valence electrons. The number of hydrogen-bond donors (Lipinski definition) is 0. The summed E-state index contributed by atoms with van der Waals surface area (Å²) in [6.07, 6.45) is 1.71. The van der Waals surface area contributed by atoms with E-state index in [0.717, 1.165) is 11.3 Å². The molecular formula is C22H15ClN4O2S2. The molecule has 0 aliphatic carbocycles. The lowest BCUT2D eigenvalue weighted by Crippen LogP contribution is -2.22. The maximum Gasteiger partial charge on any atom is 0.266 e. The van der Waals surface area contributed by atoms with Gasteiger partial charge in [0.1, 0.15) is 0 Å². The van der Waals surface area contributed by atoms with Gasteiger partial charge in [-0.1, -0.05) is 41.6 Å². The van der Waals surface area contributed by atoms with Crippen LogP contribution in [-0.4, -0.2) is 18.9 Å². The Morgan fingerprint density at radius 2 is 1.94 bits per heavy atom. The Bertz CT molecular complexity index is 1570. The smallest absolute Gasteiger partial charge is 0.266 e. The van der Waals surface area contributed by atoms with Crippen molar-refractivity contribution in [3.8, 4) is 5.69 Å². The summed E-state index contributed by atoms with van der Waals surface area (Å²) in [5.74, 6) is 0.397. The SMILES string of the molecule is Cc1ccccc1-n1c(SCc2cc(=O)n3ccsc3n2)nc2cc(Cl)ccc2c1=O. The van der Waals surface area contributed by atoms with Gasteiger partial charge in [0.25, 0.3) is 11.1 Å². The number of benzene rings is 2. The van der Waals surface area contributed by atoms with Gasteiger partial charge in [0, 0.05) is 28.4 Å². The second-order valence-corrected chi connectivity index (χ2v) is 9.16. The molecule has 5 aromatic rings. The number of aryl methyl sites for hydroxylation is 1. The zero-order valence-electron chi connectivity index (χ0n) is 16.3. The van der Waals surface area contributed by atoms with Crippen LogP contribution in [-0.2, 0) is 5.75 Å². The molecule has 0 saturated carbocycles. The maximum atomic E-state index is 13.4. The number of fused-ring (bicyclic) bond motifs is 2. The van der Waals surface area contributed by atoms with E-state index in [-0.39, 0.29) is 11.1 Å². The fraction of sp³-hybridized carbons (Fsp3) is 0.0909. The van der Waals surface area contributed by atoms with Crippen LogP contribution in [0, 0.1) is 6.92 Å². The maximum absolute atomic E-state index is 13.4. The Kier molecular flexibility index (Phi) is 5.13. The van der Waals surface area contributed by atoms with Crippen molar-refractivity contribution < 1.29 is 0 Å². The molecule has 31 heavy (non-hydrogen) atoms. The quantitative estimate of drug-likeness (QED) is 0.283. The summed E-state index contributed by atoms with van der Waals surface area (Å²) in [4.78, 5) is 35.7. The highest BCUT2D eigenvalue weighted by Gasteiger charge is 2.16. The minimum absolute atomic E-state index is 0.128. The molecule has 0 saturated heterocycles. The van der Waals surface area contributed by atoms with E-state index in [1.54, 1.807) is 29.0 Å². The van der Waals surface area contributed by atoms with Crippen molar-refractivity contribution in [3.05, 3.63) is 97.1 Å². The van der Waals surface area contributed by atoms with Crippen molar-refractivity contribution >= 4 is 50.6 Å². The first-order valence-corrected chi connectivity index (χ1v) is 11.6. The molecule has 3 aromatic heterocycles. The zero-order chi connectivity index (χ0) is 21.5. The third-order valence-electron chi connectivity index (χ3n) is 4.86. The van der Waals surface area contributed by atoms with Crippen LogP contribution >= 0.6 is 34.7 Å². The minimum atomic E-state index is -0.166. The Morgan fingerprint density at radius 1 is 1.10 bits per heavy atom. The van der Waals surface area contributed by atoms with Gasteiger partial charge in [-0.05, 0) is 36.8 Å². The van der Waals surface area contributed by atoms with Crippen molar-refractivity contribution in [1.82, 2.24) is 18.9 Å². The summed E-state index contributed by atoms with van der Waals surface area (Å²) in [5.41, 5.74) is 2.59. The minimum Gasteiger partial charge on any atom is -0.269 e. The first-order valence-electron chi connectivity index (χ1n) is 9.38. The molecule has 9 heteroatoms. The standard InChI is InChI=1S/C22H15ClN4O2S2/c1-13-4-2-3-5-18(13)27-20(29)16-7-6-14(23)10-17(16)25-22(27)31-12-15-11-19(28)26-8-9-30-21(26)24-15/h2-11H,12H2,1H3. The van der Waals surface area contributed by atoms with Crippen molar-refractivity contribution in [1.29, 1.82) is 0 Å². The fourth-order valence-electron chi connectivity index (χ4n) is 3.36. The number of rotatable bonds is 4. The summed E-state index contributed by atoms with van der Waals surface area (Å²) in [7, 11) is 0. The van der Waals surface area contributed by atoms with Gasteiger partial charge < -0.3 is 0 Å². The molecule has 0 radical (unpaired) electrons. The molecule has 0 atom stereocenters. The Morgan fingerprint density at radius 3 is 2.77 bits per heavy atom. The van der Waals surface area contributed by atoms with Crippen LogP contribution in [0.2, 0.25) is 5.02 Å². The number of para-hydroxylation sites is 1. The Hall–Kier alpha value is -2.94. The summed E-state index contributed by atoms with van der Waals surface area (Å²) in [6, 6.07) is 14.3. The topological polar surface area (TPSA) is 69.3 Å². The number of halogens is 1. The van der Waals surface area contributed by atoms with E-state index in [1.165, 1.54) is 33.6 Å². The van der Waals surface area contributed by atoms with E-state index in [0.29, 0.717) is 37.5 Å². The molecule has 5 rings (SSSR count). The van der Waals surface area contributed by atoms with Crippen LogP contribution in [0.3, 0.4) is 0 Å². The van der Waals surface area contributed by atoms with Crippen LogP contribution in [0.4, 0.5) is 0 Å². The van der Waals surface area contributed by atoms with Gasteiger partial charge in [-0.3, -0.25) is 18.6 Å². The lowest BCUT2D eigenvalue weighted by Gasteiger charge is -2.15. The average Bonchev–Trinajstić information content (AvgIpc) is 3.22. The molecule has 0 aliphatic rings. The van der Waals surface area contributed by atoms with Crippen LogP contribution in [0.5, 0.6) is 0 Å². The van der Waals surface area contributed by atoms with Gasteiger partial charge in [0.05, 0.1) is 22.3 Å². The summed E-state index contributed by atoms with van der Waals surface area (Å²) < 4.78 is 3.13. The molecular weight excluding hydrogens is 452 g/mol. The number of hydrogen-bond acceptors (Lipinski definition) is 6. The van der Waals surface area contributed by atoms with Crippen LogP contribution in [0.25, 0.3) is 21.6 Å². The summed E-state index contributed by atoms with van der Waals surface area (Å²) in [6.45, 7) is 1.95. The summed E-state index contributed by atoms with van der Waals surface area (Å²) >= 11 is 8.90. The molecule has 0 N–H and O–H groups in total. The van der Waals surface area contributed by atoms with Crippen LogP contribution in [0.15, 0.2) is 74.9 Å². The fourth-order valence-corrected chi connectivity index (χ4v) is 5.17. The van der Waals surface area contributed by atoms with Crippen molar-refractivity contribution in [2.45, 2.75) is 17.8 Å². The lowest BCUT2D eigenvalue weighted by atomic mass is 10.2. The van der Waals surface area contributed by atoms with E-state index in [4.69, 9.17) is 16.6 Å². The molecule has 0 fully saturated rings. The predicted octanol–water partition coefficient (Wildman–Crippen LogP) is 4.71. The average molecular weight is 467 g/mol. The van der Waals surface area contributed by atoms with E-state index < -0.39 is 0 Å². The molecule has 3 heterocycles. The molecule has 6 nitrogen and oxygen atoms in total. The number of nitrogens with zero attached hydrogens (tertiary/aromatic N) is 4. The van der Waals surface area contributed by atoms with E-state index >= 15 is 0 Å². The molecule has 0 spiro atoms. The molecule has 0 unspecified atom stereocenters. The number of thioether (sulfide) groups is 1. The van der Waals surface area contributed by atoms with Gasteiger partial charge in [-0.15, -0.1) is 11.3 Å². The van der Waals surface area contributed by atoms with Gasteiger partial charge in [-0.2, -0.15) is 0 Å². The first-order chi connectivity index (χ1) is 15.0. The molecule has 0 aliphatic heterocycles. The lowest BCUT2D eigenvalue weighted by molar-refractivity contribution is 0.814. The third kappa shape index (κ3) is 3.67. The summed E-state index contributed by atoms with van der Waals surface area (Å²) in [5, 5.41) is 3.35. The van der Waals surface area contributed by atoms with Gasteiger partial charge in [0.2, 0.25) is 0 Å². The van der Waals surface area contributed by atoms with Crippen molar-refractivity contribution in [3.63, 3.8) is 0 Å². The molecule has 0 amide bonds. The van der Waals surface area contributed by atoms with Gasteiger partial charge in [-0.25, -0.2) is 9.97 Å². The van der Waals surface area contributed by atoms with Crippen LogP contribution < -0.4 is 11.1 Å². The predicted molar refractivity (Wildman–Crippen MR) is 126 cm³/mol. The normalized spacial score (nSPS) is 11.4. The van der Waals surface area contributed by atoms with Crippen molar-refractivity contribution in [2.24, 2.45) is 0 Å². The Balaban J connectivity index is 1.65. The zero-order valence-corrected chi connectivity index (χ0v) is 18.7. The van der Waals surface area contributed by atoms with E-state index in [2.05, 4.69) is 4.98 Å². The molecule has 0 bridgehead atoms. The third-order valence-corrected chi connectivity index (χ3v) is 6.83. The molecule has 2 aromatic carbocycles. The monoisotopic (exact) mass is 466 g/mol. The highest BCUT2D eigenvalue weighted by molar-refractivity contribution is 7.98. The van der Waals surface area contributed by atoms with Crippen molar-refractivity contribution in [2.75, 3.05) is 0 Å². The van der Waals surface area contributed by atoms with Gasteiger partial charge in [0.15, 0.2) is 10.1 Å². The van der Waals surface area contributed by atoms with E-state index in [9.17, 15) is 9.59 Å². The Labute approximate surface area is 189 Å². The van der Waals surface area contributed by atoms with Gasteiger partial charge >= 0.3 is 0 Å². The second kappa shape index (κ2) is 7.96.